The van der Waals surface area contributed by atoms with Crippen LogP contribution in [0.5, 0.6) is 5.75 Å². The fraction of sp³-hybridized carbons (Fsp3) is 0.222. The predicted octanol–water partition coefficient (Wildman–Crippen LogP) is 0.744. The number of para-hydroxylation sites is 1. The van der Waals surface area contributed by atoms with Gasteiger partial charge >= 0.3 is 7.82 Å². The molecule has 0 spiro atoms. The maximum atomic E-state index is 11.1. The van der Waals surface area contributed by atoms with Crippen LogP contribution < -0.4 is 4.74 Å². The molecule has 7 heteroatoms. The number of carbonyl (C=O) groups is 1. The summed E-state index contributed by atoms with van der Waals surface area (Å²) in [6.07, 6.45) is 0. The highest BCUT2D eigenvalue weighted by Crippen LogP contribution is 2.35. The largest absolute Gasteiger partial charge is 0.486 e. The van der Waals surface area contributed by atoms with Crippen molar-refractivity contribution < 1.29 is 28.4 Å². The van der Waals surface area contributed by atoms with E-state index in [1.165, 1.54) is 0 Å². The Kier molecular flexibility index (Phi) is 4.64. The first kappa shape index (κ1) is 12.9. The Morgan fingerprint density at radius 3 is 2.38 bits per heavy atom. The second kappa shape index (κ2) is 5.77. The van der Waals surface area contributed by atoms with Crippen molar-refractivity contribution in [3.63, 3.8) is 0 Å². The summed E-state index contributed by atoms with van der Waals surface area (Å²) in [6.45, 7) is -0.957. The summed E-state index contributed by atoms with van der Waals surface area (Å²) in [4.78, 5) is 27.8. The molecule has 0 heterocycles. The van der Waals surface area contributed by atoms with Crippen LogP contribution in [-0.2, 0) is 13.9 Å². The Bertz CT molecular complexity index is 384. The SMILES string of the molecule is O=C(COc1ccccc1)COP(=O)(O)O. The van der Waals surface area contributed by atoms with E-state index < -0.39 is 20.2 Å². The highest BCUT2D eigenvalue weighted by atomic mass is 31.2. The van der Waals surface area contributed by atoms with Crippen LogP contribution in [0, 0.1) is 0 Å². The van der Waals surface area contributed by atoms with Crippen LogP contribution in [0.2, 0.25) is 0 Å². The molecule has 1 aromatic carbocycles. The van der Waals surface area contributed by atoms with Crippen LogP contribution in [0.15, 0.2) is 30.3 Å². The van der Waals surface area contributed by atoms with E-state index in [0.29, 0.717) is 5.75 Å². The molecule has 0 atom stereocenters. The molecule has 0 aliphatic carbocycles. The van der Waals surface area contributed by atoms with Gasteiger partial charge in [0.2, 0.25) is 0 Å². The van der Waals surface area contributed by atoms with Crippen molar-refractivity contribution in [2.75, 3.05) is 13.2 Å². The number of Topliss-reactive ketones (excluding diaryl/α,β-unsaturated/α-hetero) is 1. The molecule has 88 valence electrons. The number of carbonyl (C=O) groups excluding carboxylic acids is 1. The molecule has 0 bridgehead atoms. The number of rotatable bonds is 6. The van der Waals surface area contributed by atoms with Crippen LogP contribution >= 0.6 is 7.82 Å². The average molecular weight is 246 g/mol. The molecule has 1 rings (SSSR count). The summed E-state index contributed by atoms with van der Waals surface area (Å²) in [5.74, 6) is -0.0424. The summed E-state index contributed by atoms with van der Waals surface area (Å²) in [7, 11) is -4.59. The summed E-state index contributed by atoms with van der Waals surface area (Å²) in [5.41, 5.74) is 0. The van der Waals surface area contributed by atoms with E-state index in [9.17, 15) is 9.36 Å². The maximum absolute atomic E-state index is 11.1. The molecule has 0 radical (unpaired) electrons. The molecule has 16 heavy (non-hydrogen) atoms. The molecule has 6 nitrogen and oxygen atoms in total. The second-order valence-corrected chi connectivity index (χ2v) is 4.14. The third kappa shape index (κ3) is 5.63. The standard InChI is InChI=1S/C9H11O6P/c10-8(7-15-16(11,12)13)6-14-9-4-2-1-3-5-9/h1-5H,6-7H2,(H2,11,12,13). The molecular formula is C9H11O6P. The van der Waals surface area contributed by atoms with Gasteiger partial charge in [-0.05, 0) is 12.1 Å². The average Bonchev–Trinajstić information content (AvgIpc) is 2.24. The van der Waals surface area contributed by atoms with Gasteiger partial charge < -0.3 is 14.5 Å². The van der Waals surface area contributed by atoms with Gasteiger partial charge in [0.15, 0.2) is 5.78 Å². The van der Waals surface area contributed by atoms with Gasteiger partial charge in [-0.1, -0.05) is 18.2 Å². The number of phosphoric acid groups is 1. The molecule has 0 fully saturated rings. The van der Waals surface area contributed by atoms with Gasteiger partial charge in [0.1, 0.15) is 19.0 Å². The van der Waals surface area contributed by atoms with Gasteiger partial charge in [0.25, 0.3) is 0 Å². The zero-order valence-corrected chi connectivity index (χ0v) is 9.17. The Labute approximate surface area is 92.1 Å². The highest BCUT2D eigenvalue weighted by molar-refractivity contribution is 7.46. The van der Waals surface area contributed by atoms with Crippen LogP contribution in [0.25, 0.3) is 0 Å². The number of hydrogen-bond acceptors (Lipinski definition) is 4. The lowest BCUT2D eigenvalue weighted by Gasteiger charge is -2.06. The molecule has 0 amide bonds. The monoisotopic (exact) mass is 246 g/mol. The number of ketones is 1. The predicted molar refractivity (Wildman–Crippen MR) is 54.9 cm³/mol. The van der Waals surface area contributed by atoms with E-state index in [4.69, 9.17) is 14.5 Å². The first-order valence-corrected chi connectivity index (χ1v) is 5.90. The summed E-state index contributed by atoms with van der Waals surface area (Å²) < 4.78 is 19.4. The van der Waals surface area contributed by atoms with Gasteiger partial charge in [-0.15, -0.1) is 0 Å². The van der Waals surface area contributed by atoms with Gasteiger partial charge in [0.05, 0.1) is 0 Å². The van der Waals surface area contributed by atoms with Crippen molar-refractivity contribution in [2.45, 2.75) is 0 Å². The maximum Gasteiger partial charge on any atom is 0.470 e. The van der Waals surface area contributed by atoms with E-state index >= 15 is 0 Å². The second-order valence-electron chi connectivity index (χ2n) is 2.90. The minimum Gasteiger partial charge on any atom is -0.486 e. The minimum absolute atomic E-state index is 0.288. The number of hydrogen-bond donors (Lipinski definition) is 2. The van der Waals surface area contributed by atoms with Gasteiger partial charge in [-0.2, -0.15) is 0 Å². The van der Waals surface area contributed by atoms with Crippen molar-refractivity contribution in [1.29, 1.82) is 0 Å². The van der Waals surface area contributed by atoms with Crippen molar-refractivity contribution in [3.05, 3.63) is 30.3 Å². The lowest BCUT2D eigenvalue weighted by molar-refractivity contribution is -0.123. The third-order valence-corrected chi connectivity index (χ3v) is 2.00. The molecule has 0 aliphatic rings. The van der Waals surface area contributed by atoms with Crippen molar-refractivity contribution in [3.8, 4) is 5.75 Å². The minimum atomic E-state index is -4.59. The Balaban J connectivity index is 2.29. The molecule has 1 aromatic rings. The van der Waals surface area contributed by atoms with Crippen molar-refractivity contribution in [1.82, 2.24) is 0 Å². The fourth-order valence-corrected chi connectivity index (χ4v) is 1.19. The Hall–Kier alpha value is -1.20. The lowest BCUT2D eigenvalue weighted by atomic mass is 10.3. The lowest BCUT2D eigenvalue weighted by Crippen LogP contribution is -2.16. The number of phosphoric ester groups is 1. The molecule has 2 N–H and O–H groups in total. The topological polar surface area (TPSA) is 93.1 Å². The van der Waals surface area contributed by atoms with E-state index in [1.54, 1.807) is 30.3 Å². The van der Waals surface area contributed by atoms with E-state index in [0.717, 1.165) is 0 Å². The zero-order chi connectivity index (χ0) is 12.0. The molecule has 0 aliphatic heterocycles. The summed E-state index contributed by atoms with van der Waals surface area (Å²) in [6, 6.07) is 8.61. The smallest absolute Gasteiger partial charge is 0.470 e. The molecule has 0 saturated heterocycles. The third-order valence-electron chi connectivity index (χ3n) is 1.54. The quantitative estimate of drug-likeness (QED) is 0.719. The number of ether oxygens (including phenoxy) is 1. The van der Waals surface area contributed by atoms with Gasteiger partial charge in [-0.25, -0.2) is 4.57 Å². The van der Waals surface area contributed by atoms with Crippen LogP contribution in [-0.4, -0.2) is 28.8 Å². The van der Waals surface area contributed by atoms with Crippen LogP contribution in [0.1, 0.15) is 0 Å². The van der Waals surface area contributed by atoms with Crippen molar-refractivity contribution >= 4 is 13.6 Å². The van der Waals surface area contributed by atoms with Crippen molar-refractivity contribution in [2.24, 2.45) is 0 Å². The highest BCUT2D eigenvalue weighted by Gasteiger charge is 2.16. The molecule has 0 aromatic heterocycles. The normalized spacial score (nSPS) is 11.1. The van der Waals surface area contributed by atoms with Crippen LogP contribution in [0.4, 0.5) is 0 Å². The van der Waals surface area contributed by atoms with E-state index in [1.807, 2.05) is 0 Å². The Morgan fingerprint density at radius 2 is 1.81 bits per heavy atom. The fourth-order valence-electron chi connectivity index (χ4n) is 0.878. The van der Waals surface area contributed by atoms with Gasteiger partial charge in [-0.3, -0.25) is 9.32 Å². The first-order chi connectivity index (χ1) is 7.47. The summed E-state index contributed by atoms with van der Waals surface area (Å²) in [5, 5.41) is 0. The molecule has 0 unspecified atom stereocenters. The first-order valence-electron chi connectivity index (χ1n) is 4.37. The number of benzene rings is 1. The van der Waals surface area contributed by atoms with Gasteiger partial charge in [0, 0.05) is 0 Å². The van der Waals surface area contributed by atoms with E-state index in [2.05, 4.69) is 4.52 Å². The zero-order valence-electron chi connectivity index (χ0n) is 8.28. The Morgan fingerprint density at radius 1 is 1.19 bits per heavy atom. The van der Waals surface area contributed by atoms with E-state index in [-0.39, 0.29) is 6.61 Å². The molecular weight excluding hydrogens is 235 g/mol. The molecule has 0 saturated carbocycles. The summed E-state index contributed by atoms with van der Waals surface area (Å²) >= 11 is 0. The van der Waals surface area contributed by atoms with Crippen LogP contribution in [0.3, 0.4) is 0 Å².